The number of rotatable bonds is 5. The van der Waals surface area contributed by atoms with Crippen LogP contribution in [0.2, 0.25) is 0 Å². The zero-order valence-electron chi connectivity index (χ0n) is 10.2. The van der Waals surface area contributed by atoms with E-state index >= 15 is 0 Å². The highest BCUT2D eigenvalue weighted by Crippen LogP contribution is 2.34. The number of aromatic nitrogens is 2. The van der Waals surface area contributed by atoms with Gasteiger partial charge in [-0.1, -0.05) is 43.0 Å². The van der Waals surface area contributed by atoms with E-state index in [2.05, 4.69) is 63.5 Å². The topological polar surface area (TPSA) is 37.8 Å². The SMILES string of the molecule is CC(C)NCc1ccc(Sc2nncs2)c(Br)c1. The van der Waals surface area contributed by atoms with Crippen LogP contribution in [0.1, 0.15) is 19.4 Å². The average Bonchev–Trinajstić information content (AvgIpc) is 2.82. The van der Waals surface area contributed by atoms with Crippen molar-refractivity contribution in [2.75, 3.05) is 0 Å². The summed E-state index contributed by atoms with van der Waals surface area (Å²) in [5.41, 5.74) is 3.02. The molecule has 0 aliphatic carbocycles. The molecule has 0 amide bonds. The first kappa shape index (κ1) is 14.0. The van der Waals surface area contributed by atoms with Gasteiger partial charge in [-0.15, -0.1) is 10.2 Å². The maximum Gasteiger partial charge on any atom is 0.178 e. The molecule has 0 spiro atoms. The average molecular weight is 344 g/mol. The molecular formula is C12H14BrN3S2. The van der Waals surface area contributed by atoms with E-state index in [1.165, 1.54) is 10.5 Å². The standard InChI is InChI=1S/C12H14BrN3S2/c1-8(2)14-6-9-3-4-11(10(13)5-9)18-12-16-15-7-17-12/h3-5,7-8,14H,6H2,1-2H3. The summed E-state index contributed by atoms with van der Waals surface area (Å²) in [6, 6.07) is 6.91. The number of hydrogen-bond acceptors (Lipinski definition) is 5. The Hall–Kier alpha value is -0.430. The van der Waals surface area contributed by atoms with Crippen LogP contribution in [0.5, 0.6) is 0 Å². The summed E-state index contributed by atoms with van der Waals surface area (Å²) >= 11 is 6.79. The molecule has 0 saturated heterocycles. The number of nitrogens with zero attached hydrogens (tertiary/aromatic N) is 2. The molecule has 0 radical (unpaired) electrons. The van der Waals surface area contributed by atoms with E-state index in [9.17, 15) is 0 Å². The van der Waals surface area contributed by atoms with Crippen LogP contribution < -0.4 is 5.32 Å². The van der Waals surface area contributed by atoms with E-state index in [0.717, 1.165) is 15.4 Å². The van der Waals surface area contributed by atoms with E-state index in [4.69, 9.17) is 0 Å². The van der Waals surface area contributed by atoms with Crippen molar-refractivity contribution in [2.45, 2.75) is 35.7 Å². The minimum atomic E-state index is 0.499. The highest BCUT2D eigenvalue weighted by atomic mass is 79.9. The summed E-state index contributed by atoms with van der Waals surface area (Å²) in [4.78, 5) is 1.17. The third-order valence-corrected chi connectivity index (χ3v) is 5.02. The second-order valence-electron chi connectivity index (χ2n) is 4.11. The maximum atomic E-state index is 4.03. The fraction of sp³-hybridized carbons (Fsp3) is 0.333. The Morgan fingerprint density at radius 1 is 1.44 bits per heavy atom. The fourth-order valence-corrected chi connectivity index (χ4v) is 3.47. The molecule has 0 aliphatic heterocycles. The van der Waals surface area contributed by atoms with Gasteiger partial charge in [0.15, 0.2) is 4.34 Å². The first-order valence-electron chi connectivity index (χ1n) is 5.61. The first-order chi connectivity index (χ1) is 8.65. The lowest BCUT2D eigenvalue weighted by Gasteiger charge is -2.09. The minimum Gasteiger partial charge on any atom is -0.310 e. The van der Waals surface area contributed by atoms with Crippen molar-refractivity contribution in [2.24, 2.45) is 0 Å². The molecule has 18 heavy (non-hydrogen) atoms. The summed E-state index contributed by atoms with van der Waals surface area (Å²) in [6.07, 6.45) is 0. The van der Waals surface area contributed by atoms with Gasteiger partial charge in [-0.2, -0.15) is 0 Å². The van der Waals surface area contributed by atoms with Gasteiger partial charge in [-0.25, -0.2) is 0 Å². The maximum absolute atomic E-state index is 4.03. The van der Waals surface area contributed by atoms with Crippen LogP contribution in [0.15, 0.2) is 37.4 Å². The molecule has 2 rings (SSSR count). The van der Waals surface area contributed by atoms with Crippen LogP contribution in [0.4, 0.5) is 0 Å². The predicted molar refractivity (Wildman–Crippen MR) is 80.1 cm³/mol. The molecule has 0 atom stereocenters. The second kappa shape index (κ2) is 6.65. The van der Waals surface area contributed by atoms with Crippen molar-refractivity contribution < 1.29 is 0 Å². The normalized spacial score (nSPS) is 11.1. The molecule has 0 bridgehead atoms. The van der Waals surface area contributed by atoms with Gasteiger partial charge in [0.25, 0.3) is 0 Å². The smallest absolute Gasteiger partial charge is 0.178 e. The predicted octanol–water partition coefficient (Wildman–Crippen LogP) is 3.95. The molecule has 2 aromatic rings. The van der Waals surface area contributed by atoms with Crippen LogP contribution in [0, 0.1) is 0 Å². The molecule has 1 N–H and O–H groups in total. The Balaban J connectivity index is 2.05. The number of halogens is 1. The molecular weight excluding hydrogens is 330 g/mol. The van der Waals surface area contributed by atoms with Gasteiger partial charge in [-0.3, -0.25) is 0 Å². The Kier molecular flexibility index (Phi) is 5.17. The monoisotopic (exact) mass is 343 g/mol. The van der Waals surface area contributed by atoms with Crippen molar-refractivity contribution in [1.29, 1.82) is 0 Å². The Morgan fingerprint density at radius 3 is 2.89 bits per heavy atom. The quantitative estimate of drug-likeness (QED) is 0.891. The summed E-state index contributed by atoms with van der Waals surface area (Å²) in [6.45, 7) is 5.18. The molecule has 0 aliphatic rings. The molecule has 0 saturated carbocycles. The van der Waals surface area contributed by atoms with E-state index in [0.29, 0.717) is 6.04 Å². The lowest BCUT2D eigenvalue weighted by Crippen LogP contribution is -2.21. The van der Waals surface area contributed by atoms with Crippen molar-refractivity contribution in [3.05, 3.63) is 33.7 Å². The molecule has 1 aromatic heterocycles. The largest absolute Gasteiger partial charge is 0.310 e. The number of hydrogen-bond donors (Lipinski definition) is 1. The van der Waals surface area contributed by atoms with Gasteiger partial charge < -0.3 is 5.32 Å². The lowest BCUT2D eigenvalue weighted by molar-refractivity contribution is 0.588. The Bertz CT molecular complexity index is 500. The number of nitrogens with one attached hydrogen (secondary N) is 1. The summed E-state index contributed by atoms with van der Waals surface area (Å²) in [5.74, 6) is 0. The summed E-state index contributed by atoms with van der Waals surface area (Å²) in [5, 5.41) is 11.3. The molecule has 1 heterocycles. The molecule has 96 valence electrons. The van der Waals surface area contributed by atoms with Crippen LogP contribution in [-0.2, 0) is 6.54 Å². The highest BCUT2D eigenvalue weighted by Gasteiger charge is 2.06. The van der Waals surface area contributed by atoms with E-state index < -0.39 is 0 Å². The second-order valence-corrected chi connectivity index (χ2v) is 7.08. The molecule has 3 nitrogen and oxygen atoms in total. The lowest BCUT2D eigenvalue weighted by atomic mass is 10.2. The first-order valence-corrected chi connectivity index (χ1v) is 8.10. The highest BCUT2D eigenvalue weighted by molar-refractivity contribution is 9.10. The van der Waals surface area contributed by atoms with Crippen molar-refractivity contribution >= 4 is 39.0 Å². The summed E-state index contributed by atoms with van der Waals surface area (Å²) < 4.78 is 2.06. The van der Waals surface area contributed by atoms with Crippen LogP contribution in [0.25, 0.3) is 0 Å². The van der Waals surface area contributed by atoms with Crippen LogP contribution >= 0.6 is 39.0 Å². The third kappa shape index (κ3) is 4.05. The van der Waals surface area contributed by atoms with Crippen LogP contribution in [0.3, 0.4) is 0 Å². The zero-order valence-corrected chi connectivity index (χ0v) is 13.4. The molecule has 0 unspecified atom stereocenters. The van der Waals surface area contributed by atoms with Gasteiger partial charge in [0.2, 0.25) is 0 Å². The van der Waals surface area contributed by atoms with E-state index in [1.54, 1.807) is 28.6 Å². The van der Waals surface area contributed by atoms with Gasteiger partial charge >= 0.3 is 0 Å². The minimum absolute atomic E-state index is 0.499. The number of benzene rings is 1. The van der Waals surface area contributed by atoms with E-state index in [-0.39, 0.29) is 0 Å². The fourth-order valence-electron chi connectivity index (χ4n) is 1.36. The van der Waals surface area contributed by atoms with Gasteiger partial charge in [0, 0.05) is 22.0 Å². The van der Waals surface area contributed by atoms with Crippen molar-refractivity contribution in [3.63, 3.8) is 0 Å². The van der Waals surface area contributed by atoms with Gasteiger partial charge in [0.1, 0.15) is 5.51 Å². The van der Waals surface area contributed by atoms with Gasteiger partial charge in [-0.05, 0) is 33.6 Å². The van der Waals surface area contributed by atoms with Crippen molar-refractivity contribution in [1.82, 2.24) is 15.5 Å². The van der Waals surface area contributed by atoms with E-state index in [1.807, 2.05) is 0 Å². The third-order valence-electron chi connectivity index (χ3n) is 2.25. The Morgan fingerprint density at radius 2 is 2.28 bits per heavy atom. The Labute approximate surface area is 124 Å². The van der Waals surface area contributed by atoms with Crippen molar-refractivity contribution in [3.8, 4) is 0 Å². The molecule has 0 fully saturated rings. The summed E-state index contributed by atoms with van der Waals surface area (Å²) in [7, 11) is 0. The zero-order chi connectivity index (χ0) is 13.0. The van der Waals surface area contributed by atoms with Crippen LogP contribution in [-0.4, -0.2) is 16.2 Å². The molecule has 6 heteroatoms. The molecule has 1 aromatic carbocycles. The van der Waals surface area contributed by atoms with Gasteiger partial charge in [0.05, 0.1) is 0 Å².